The fourth-order valence-electron chi connectivity index (χ4n) is 0.920. The number of hydrogen-bond acceptors (Lipinski definition) is 2. The van der Waals surface area contributed by atoms with Crippen LogP contribution in [0.5, 0.6) is 0 Å². The standard InChI is InChI=1S/C6H13NO/c1-8-6-3-2-4-7-5-6/h6-7H,2-5H2,1H3/i1D3. The summed E-state index contributed by atoms with van der Waals surface area (Å²) in [5, 5.41) is 3.08. The van der Waals surface area contributed by atoms with Crippen molar-refractivity contribution in [3.8, 4) is 0 Å². The van der Waals surface area contributed by atoms with Crippen LogP contribution in [0.2, 0.25) is 0 Å². The Labute approximate surface area is 54.4 Å². The van der Waals surface area contributed by atoms with Gasteiger partial charge in [-0.3, -0.25) is 0 Å². The fraction of sp³-hybridized carbons (Fsp3) is 1.00. The van der Waals surface area contributed by atoms with E-state index in [4.69, 9.17) is 8.85 Å². The predicted molar refractivity (Wildman–Crippen MR) is 32.9 cm³/mol. The van der Waals surface area contributed by atoms with Crippen molar-refractivity contribution in [2.45, 2.75) is 18.9 Å². The maximum Gasteiger partial charge on any atom is 0.0696 e. The van der Waals surface area contributed by atoms with Gasteiger partial charge in [0.25, 0.3) is 0 Å². The van der Waals surface area contributed by atoms with Gasteiger partial charge in [-0.25, -0.2) is 0 Å². The molecule has 1 aliphatic heterocycles. The van der Waals surface area contributed by atoms with Gasteiger partial charge in [0.05, 0.1) is 10.2 Å². The first-order valence-corrected chi connectivity index (χ1v) is 2.96. The van der Waals surface area contributed by atoms with E-state index in [1.807, 2.05) is 0 Å². The normalized spacial score (nSPS) is 37.5. The third kappa shape index (κ3) is 1.46. The van der Waals surface area contributed by atoms with E-state index in [2.05, 4.69) is 5.32 Å². The molecule has 1 fully saturated rings. The lowest BCUT2D eigenvalue weighted by Crippen LogP contribution is -2.34. The molecule has 1 saturated heterocycles. The second-order valence-corrected chi connectivity index (χ2v) is 2.09. The summed E-state index contributed by atoms with van der Waals surface area (Å²) in [5.41, 5.74) is 0. The second-order valence-electron chi connectivity index (χ2n) is 2.09. The van der Waals surface area contributed by atoms with E-state index in [0.29, 0.717) is 6.54 Å². The molecule has 0 saturated carbocycles. The molecular formula is C6H13NO. The summed E-state index contributed by atoms with van der Waals surface area (Å²) in [6.45, 7) is 1.64. The van der Waals surface area contributed by atoms with Crippen molar-refractivity contribution in [2.75, 3.05) is 20.1 Å². The molecule has 2 nitrogen and oxygen atoms in total. The van der Waals surface area contributed by atoms with Crippen LogP contribution in [0.25, 0.3) is 0 Å². The highest BCUT2D eigenvalue weighted by Gasteiger charge is 2.09. The van der Waals surface area contributed by atoms with Gasteiger partial charge in [-0.1, -0.05) is 0 Å². The maximum absolute atomic E-state index is 6.85. The summed E-state index contributed by atoms with van der Waals surface area (Å²) < 4.78 is 25.4. The molecule has 2 heteroatoms. The molecule has 0 aromatic carbocycles. The molecule has 48 valence electrons. The lowest BCUT2D eigenvalue weighted by molar-refractivity contribution is 0.0810. The fourth-order valence-corrected chi connectivity index (χ4v) is 0.920. The van der Waals surface area contributed by atoms with Crippen LogP contribution in [0.1, 0.15) is 17.0 Å². The Kier molecular flexibility index (Phi) is 1.21. The number of nitrogens with one attached hydrogen (secondary N) is 1. The molecule has 1 rings (SSSR count). The van der Waals surface area contributed by atoms with Crippen LogP contribution < -0.4 is 5.32 Å². The van der Waals surface area contributed by atoms with E-state index < -0.39 is 7.04 Å². The second kappa shape index (κ2) is 3.05. The summed E-state index contributed by atoms with van der Waals surface area (Å²) in [6.07, 6.45) is 1.72. The monoisotopic (exact) mass is 118 g/mol. The zero-order valence-electron chi connectivity index (χ0n) is 7.81. The number of methoxy groups -OCH3 is 1. The summed E-state index contributed by atoms with van der Waals surface area (Å²) >= 11 is 0. The van der Waals surface area contributed by atoms with E-state index in [0.717, 1.165) is 19.4 Å². The molecular weight excluding hydrogens is 102 g/mol. The van der Waals surface area contributed by atoms with E-state index >= 15 is 0 Å². The van der Waals surface area contributed by atoms with E-state index in [9.17, 15) is 0 Å². The van der Waals surface area contributed by atoms with Crippen LogP contribution >= 0.6 is 0 Å². The Morgan fingerprint density at radius 3 is 3.50 bits per heavy atom. The molecule has 0 amide bonds. The highest BCUT2D eigenvalue weighted by molar-refractivity contribution is 4.67. The topological polar surface area (TPSA) is 21.3 Å². The number of ether oxygens (including phenoxy) is 1. The Hall–Kier alpha value is -0.0800. The molecule has 0 aliphatic carbocycles. The lowest BCUT2D eigenvalue weighted by atomic mass is 10.1. The van der Waals surface area contributed by atoms with Crippen molar-refractivity contribution >= 4 is 0 Å². The van der Waals surface area contributed by atoms with Crippen molar-refractivity contribution in [1.82, 2.24) is 5.32 Å². The molecule has 1 heterocycles. The van der Waals surface area contributed by atoms with Gasteiger partial charge in [0, 0.05) is 13.6 Å². The molecule has 8 heavy (non-hydrogen) atoms. The number of piperidine rings is 1. The minimum absolute atomic E-state index is 0.128. The van der Waals surface area contributed by atoms with Crippen LogP contribution in [-0.4, -0.2) is 26.2 Å². The van der Waals surface area contributed by atoms with Crippen LogP contribution in [0, 0.1) is 0 Å². The van der Waals surface area contributed by atoms with Crippen molar-refractivity contribution in [3.05, 3.63) is 0 Å². The maximum atomic E-state index is 6.85. The highest BCUT2D eigenvalue weighted by Crippen LogP contribution is 2.03. The van der Waals surface area contributed by atoms with Crippen LogP contribution in [0.4, 0.5) is 0 Å². The van der Waals surface area contributed by atoms with Crippen LogP contribution in [-0.2, 0) is 4.74 Å². The SMILES string of the molecule is [2H]C([2H])([2H])OC1CCCNC1. The van der Waals surface area contributed by atoms with Crippen LogP contribution in [0.3, 0.4) is 0 Å². The first-order chi connectivity index (χ1) is 5.08. The summed E-state index contributed by atoms with van der Waals surface area (Å²) in [4.78, 5) is 0. The van der Waals surface area contributed by atoms with Crippen molar-refractivity contribution in [1.29, 1.82) is 0 Å². The molecule has 0 bridgehead atoms. The Balaban J connectivity index is 2.24. The first-order valence-electron chi connectivity index (χ1n) is 4.46. The molecule has 0 radical (unpaired) electrons. The van der Waals surface area contributed by atoms with Gasteiger partial charge in [-0.05, 0) is 19.4 Å². The largest absolute Gasteiger partial charge is 0.380 e. The van der Waals surface area contributed by atoms with Gasteiger partial charge in [0.1, 0.15) is 0 Å². The third-order valence-electron chi connectivity index (χ3n) is 1.42. The summed E-state index contributed by atoms with van der Waals surface area (Å²) in [5.74, 6) is 0. The van der Waals surface area contributed by atoms with Gasteiger partial charge < -0.3 is 10.1 Å². The number of hydrogen-bond donors (Lipinski definition) is 1. The number of rotatable bonds is 1. The van der Waals surface area contributed by atoms with E-state index in [1.165, 1.54) is 0 Å². The molecule has 0 spiro atoms. The molecule has 0 aromatic heterocycles. The van der Waals surface area contributed by atoms with Gasteiger partial charge >= 0.3 is 0 Å². The molecule has 1 aliphatic rings. The quantitative estimate of drug-likeness (QED) is 0.537. The van der Waals surface area contributed by atoms with E-state index in [-0.39, 0.29) is 6.10 Å². The average molecular weight is 118 g/mol. The Bertz CT molecular complexity index is 119. The average Bonchev–Trinajstić information content (AvgIpc) is 1.85. The van der Waals surface area contributed by atoms with Gasteiger partial charge in [-0.2, -0.15) is 0 Å². The zero-order chi connectivity index (χ0) is 8.32. The summed E-state index contributed by atoms with van der Waals surface area (Å²) in [6, 6.07) is 0. The van der Waals surface area contributed by atoms with Crippen LogP contribution in [0.15, 0.2) is 0 Å². The first kappa shape index (κ1) is 3.18. The van der Waals surface area contributed by atoms with E-state index in [1.54, 1.807) is 0 Å². The smallest absolute Gasteiger partial charge is 0.0696 e. The molecule has 1 unspecified atom stereocenters. The Morgan fingerprint density at radius 1 is 1.88 bits per heavy atom. The van der Waals surface area contributed by atoms with Crippen molar-refractivity contribution in [3.63, 3.8) is 0 Å². The molecule has 1 N–H and O–H groups in total. The minimum Gasteiger partial charge on any atom is -0.380 e. The van der Waals surface area contributed by atoms with Gasteiger partial charge in [-0.15, -0.1) is 0 Å². The van der Waals surface area contributed by atoms with Gasteiger partial charge in [0.15, 0.2) is 0 Å². The summed E-state index contributed by atoms with van der Waals surface area (Å²) in [7, 11) is -2.23. The molecule has 0 aromatic rings. The van der Waals surface area contributed by atoms with Crippen molar-refractivity contribution < 1.29 is 8.85 Å². The van der Waals surface area contributed by atoms with Gasteiger partial charge in [0.2, 0.25) is 0 Å². The Morgan fingerprint density at radius 2 is 2.88 bits per heavy atom. The predicted octanol–water partition coefficient (Wildman–Crippen LogP) is 0.385. The van der Waals surface area contributed by atoms with Crippen molar-refractivity contribution in [2.24, 2.45) is 0 Å². The zero-order valence-corrected chi connectivity index (χ0v) is 4.81. The minimum atomic E-state index is -2.23. The third-order valence-corrected chi connectivity index (χ3v) is 1.42. The lowest BCUT2D eigenvalue weighted by Gasteiger charge is -2.20. The molecule has 1 atom stereocenters. The highest BCUT2D eigenvalue weighted by atomic mass is 16.5.